The molecule has 44 heavy (non-hydrogen) atoms. The number of benzene rings is 4. The molecule has 0 aliphatic carbocycles. The Labute approximate surface area is 265 Å². The van der Waals surface area contributed by atoms with E-state index in [0.29, 0.717) is 16.5 Å². The minimum Gasteiger partial charge on any atom is -0.266 e. The van der Waals surface area contributed by atoms with Gasteiger partial charge in [0, 0.05) is 11.3 Å². The van der Waals surface area contributed by atoms with E-state index >= 15 is 0 Å². The molecule has 9 heteroatoms. The van der Waals surface area contributed by atoms with Gasteiger partial charge in [-0.25, -0.2) is 9.36 Å². The first kappa shape index (κ1) is 29.5. The summed E-state index contributed by atoms with van der Waals surface area (Å²) in [7, 11) is 0. The van der Waals surface area contributed by atoms with Gasteiger partial charge in [0.1, 0.15) is 10.6 Å². The smallest absolute Gasteiger partial charge is 0.266 e. The van der Waals surface area contributed by atoms with Crippen molar-refractivity contribution >= 4 is 23.4 Å². The summed E-state index contributed by atoms with van der Waals surface area (Å²) in [6, 6.07) is 39.1. The number of halogens is 1. The molecular formula is C35H31ClN6OS. The van der Waals surface area contributed by atoms with Gasteiger partial charge in [-0.05, 0) is 53.5 Å². The third-order valence-electron chi connectivity index (χ3n) is 7.49. The van der Waals surface area contributed by atoms with Crippen molar-refractivity contribution in [3.05, 3.63) is 159 Å². The van der Waals surface area contributed by atoms with Crippen molar-refractivity contribution in [1.29, 1.82) is 0 Å². The molecule has 2 aromatic heterocycles. The third-order valence-corrected chi connectivity index (χ3v) is 9.07. The zero-order valence-electron chi connectivity index (χ0n) is 24.6. The van der Waals surface area contributed by atoms with Gasteiger partial charge in [-0.3, -0.25) is 4.79 Å². The van der Waals surface area contributed by atoms with Crippen molar-refractivity contribution < 1.29 is 0 Å². The molecule has 0 atom stereocenters. The normalized spacial score (nSPS) is 11.9. The highest BCUT2D eigenvalue weighted by Crippen LogP contribution is 2.42. The number of nitrogens with zero attached hydrogens (tertiary/aromatic N) is 6. The predicted octanol–water partition coefficient (Wildman–Crippen LogP) is 7.44. The molecule has 7 nitrogen and oxygen atoms in total. The maximum Gasteiger partial charge on any atom is 0.287 e. The van der Waals surface area contributed by atoms with Gasteiger partial charge in [-0.1, -0.05) is 127 Å². The van der Waals surface area contributed by atoms with Crippen LogP contribution >= 0.6 is 23.4 Å². The van der Waals surface area contributed by atoms with E-state index in [1.54, 1.807) is 6.20 Å². The maximum atomic E-state index is 12.8. The molecule has 0 fully saturated rings. The van der Waals surface area contributed by atoms with Crippen LogP contribution in [0.2, 0.25) is 5.02 Å². The summed E-state index contributed by atoms with van der Waals surface area (Å²) in [5, 5.41) is 17.9. The summed E-state index contributed by atoms with van der Waals surface area (Å²) in [5.41, 5.74) is 3.50. The zero-order valence-corrected chi connectivity index (χ0v) is 26.2. The van der Waals surface area contributed by atoms with Gasteiger partial charge < -0.3 is 0 Å². The van der Waals surface area contributed by atoms with Crippen LogP contribution in [-0.4, -0.2) is 30.0 Å². The molecule has 0 aliphatic rings. The van der Waals surface area contributed by atoms with Crippen LogP contribution in [0, 0.1) is 0 Å². The van der Waals surface area contributed by atoms with Gasteiger partial charge in [0.05, 0.1) is 16.6 Å². The Kier molecular flexibility index (Phi) is 8.21. The topological polar surface area (TPSA) is 78.5 Å². The quantitative estimate of drug-likeness (QED) is 0.130. The van der Waals surface area contributed by atoms with Crippen LogP contribution in [0.4, 0.5) is 0 Å². The van der Waals surface area contributed by atoms with Gasteiger partial charge in [-0.2, -0.15) is 5.10 Å². The summed E-state index contributed by atoms with van der Waals surface area (Å²) < 4.78 is 3.34. The van der Waals surface area contributed by atoms with Crippen molar-refractivity contribution in [3.8, 4) is 11.4 Å². The molecule has 0 unspecified atom stereocenters. The molecule has 6 rings (SSSR count). The maximum absolute atomic E-state index is 12.8. The Morgan fingerprint density at radius 2 is 1.25 bits per heavy atom. The first-order valence-corrected chi connectivity index (χ1v) is 15.6. The van der Waals surface area contributed by atoms with E-state index < -0.39 is 11.1 Å². The molecule has 2 heterocycles. The standard InChI is InChI=1S/C35H31ClN6OS/c1-34(2,3)42-33(43)31(36)30(23-37-42)44-24-25-19-21-26(22-20-25)32-38-39-40-41(32)35(27-13-7-4-8-14-27,28-15-9-5-10-16-28)29-17-11-6-12-18-29/h4-23H,24H2,1-3H3. The first-order chi connectivity index (χ1) is 21.3. The van der Waals surface area contributed by atoms with E-state index in [9.17, 15) is 4.79 Å². The fourth-order valence-corrected chi connectivity index (χ4v) is 6.55. The van der Waals surface area contributed by atoms with Crippen molar-refractivity contribution in [2.45, 2.75) is 42.5 Å². The lowest BCUT2D eigenvalue weighted by molar-refractivity contribution is 0.336. The molecule has 0 bridgehead atoms. The second kappa shape index (κ2) is 12.2. The highest BCUT2D eigenvalue weighted by molar-refractivity contribution is 7.98. The minimum atomic E-state index is -0.825. The van der Waals surface area contributed by atoms with Crippen LogP contribution < -0.4 is 5.56 Å². The van der Waals surface area contributed by atoms with Crippen LogP contribution in [0.15, 0.2) is 131 Å². The third kappa shape index (κ3) is 5.47. The lowest BCUT2D eigenvalue weighted by Gasteiger charge is -2.36. The number of hydrogen-bond acceptors (Lipinski definition) is 6. The fourth-order valence-electron chi connectivity index (χ4n) is 5.41. The number of aromatic nitrogens is 6. The number of tetrazole rings is 1. The molecule has 0 aliphatic heterocycles. The van der Waals surface area contributed by atoms with Gasteiger partial charge in [-0.15, -0.1) is 16.9 Å². The van der Waals surface area contributed by atoms with Crippen LogP contribution in [0.5, 0.6) is 0 Å². The molecule has 0 radical (unpaired) electrons. The summed E-state index contributed by atoms with van der Waals surface area (Å²) >= 11 is 7.94. The lowest BCUT2D eigenvalue weighted by Crippen LogP contribution is -2.39. The Morgan fingerprint density at radius 1 is 0.727 bits per heavy atom. The Morgan fingerprint density at radius 3 is 1.75 bits per heavy atom. The van der Waals surface area contributed by atoms with Crippen LogP contribution in [0.3, 0.4) is 0 Å². The average Bonchev–Trinajstić information content (AvgIpc) is 3.54. The summed E-state index contributed by atoms with van der Waals surface area (Å²) in [5.74, 6) is 1.26. The molecule has 220 valence electrons. The summed E-state index contributed by atoms with van der Waals surface area (Å²) in [6.07, 6.45) is 1.67. The summed E-state index contributed by atoms with van der Waals surface area (Å²) in [4.78, 5) is 13.4. The second-order valence-electron chi connectivity index (χ2n) is 11.4. The van der Waals surface area contributed by atoms with Gasteiger partial charge in [0.25, 0.3) is 5.56 Å². The highest BCUT2D eigenvalue weighted by Gasteiger charge is 2.41. The van der Waals surface area contributed by atoms with Gasteiger partial charge in [0.15, 0.2) is 5.82 Å². The number of rotatable bonds is 8. The van der Waals surface area contributed by atoms with Crippen molar-refractivity contribution in [2.75, 3.05) is 0 Å². The largest absolute Gasteiger partial charge is 0.287 e. The molecule has 0 amide bonds. The average molecular weight is 619 g/mol. The Hall–Kier alpha value is -4.53. The monoisotopic (exact) mass is 618 g/mol. The molecular weight excluding hydrogens is 588 g/mol. The zero-order chi connectivity index (χ0) is 30.7. The first-order valence-electron chi connectivity index (χ1n) is 14.3. The Bertz CT molecular complexity index is 1820. The molecule has 0 saturated carbocycles. The van der Waals surface area contributed by atoms with E-state index in [2.05, 4.69) is 57.0 Å². The lowest BCUT2D eigenvalue weighted by atomic mass is 9.77. The SMILES string of the molecule is CC(C)(C)n1ncc(SCc2ccc(-c3nnnn3C(c3ccccc3)(c3ccccc3)c3ccccc3)cc2)c(Cl)c1=O. The second-order valence-corrected chi connectivity index (χ2v) is 12.8. The van der Waals surface area contributed by atoms with E-state index in [0.717, 1.165) is 27.8 Å². The molecule has 0 spiro atoms. The highest BCUT2D eigenvalue weighted by atomic mass is 35.5. The van der Waals surface area contributed by atoms with Gasteiger partial charge in [0.2, 0.25) is 0 Å². The van der Waals surface area contributed by atoms with Crippen LogP contribution in [0.25, 0.3) is 11.4 Å². The Balaban J connectivity index is 1.38. The van der Waals surface area contributed by atoms with Crippen molar-refractivity contribution in [1.82, 2.24) is 30.0 Å². The van der Waals surface area contributed by atoms with Crippen LogP contribution in [-0.2, 0) is 16.8 Å². The van der Waals surface area contributed by atoms with Crippen molar-refractivity contribution in [2.24, 2.45) is 0 Å². The molecule has 0 saturated heterocycles. The van der Waals surface area contributed by atoms with E-state index in [1.165, 1.54) is 16.4 Å². The van der Waals surface area contributed by atoms with E-state index in [1.807, 2.05) is 104 Å². The molecule has 0 N–H and O–H groups in total. The van der Waals surface area contributed by atoms with Crippen LogP contribution in [0.1, 0.15) is 43.0 Å². The minimum absolute atomic E-state index is 0.190. The molecule has 6 aromatic rings. The van der Waals surface area contributed by atoms with Gasteiger partial charge >= 0.3 is 0 Å². The number of thioether (sulfide) groups is 1. The fraction of sp³-hybridized carbons (Fsp3) is 0.171. The molecule has 4 aromatic carbocycles. The van der Waals surface area contributed by atoms with Crippen molar-refractivity contribution in [3.63, 3.8) is 0 Å². The summed E-state index contributed by atoms with van der Waals surface area (Å²) in [6.45, 7) is 5.77. The van der Waals surface area contributed by atoms with E-state index in [4.69, 9.17) is 11.6 Å². The predicted molar refractivity (Wildman–Crippen MR) is 176 cm³/mol. The van der Waals surface area contributed by atoms with E-state index in [-0.39, 0.29) is 10.6 Å². The number of hydrogen-bond donors (Lipinski definition) is 0.